The molecule has 1 aliphatic carbocycles. The summed E-state index contributed by atoms with van der Waals surface area (Å²) < 4.78 is 0. The molecule has 20 heavy (non-hydrogen) atoms. The lowest BCUT2D eigenvalue weighted by Crippen LogP contribution is -2.14. The molecule has 1 saturated carbocycles. The molecule has 1 nitrogen and oxygen atoms in total. The molecule has 1 aliphatic rings. The molecule has 0 amide bonds. The quantitative estimate of drug-likeness (QED) is 0.745. The summed E-state index contributed by atoms with van der Waals surface area (Å²) >= 11 is 12.3. The number of anilines is 1. The largest absolute Gasteiger partial charge is 0.377 e. The minimum Gasteiger partial charge on any atom is -0.377 e. The van der Waals surface area contributed by atoms with Crippen molar-refractivity contribution in [3.63, 3.8) is 0 Å². The summed E-state index contributed by atoms with van der Waals surface area (Å²) in [5.41, 5.74) is 3.49. The second-order valence-corrected chi connectivity index (χ2v) is 6.29. The minimum atomic E-state index is 0.311. The molecule has 1 atom stereocenters. The molecular weight excluding hydrogens is 289 g/mol. The van der Waals surface area contributed by atoms with E-state index in [0.717, 1.165) is 15.7 Å². The zero-order valence-electron chi connectivity index (χ0n) is 11.4. The van der Waals surface area contributed by atoms with Gasteiger partial charge in [-0.05, 0) is 55.0 Å². The number of hydrogen-bond acceptors (Lipinski definition) is 1. The standard InChI is InChI=1S/C17H17Cl2N/c1-11-3-2-4-15(19)16(11)20-17(12-5-6-12)13-7-9-14(18)10-8-13/h2-4,7-10,12,17,20H,5-6H2,1H3. The topological polar surface area (TPSA) is 12.0 Å². The SMILES string of the molecule is Cc1cccc(Cl)c1NC(c1ccc(Cl)cc1)C1CC1. The zero-order valence-corrected chi connectivity index (χ0v) is 12.9. The predicted molar refractivity (Wildman–Crippen MR) is 86.7 cm³/mol. The molecule has 0 saturated heterocycles. The van der Waals surface area contributed by atoms with Gasteiger partial charge in [-0.3, -0.25) is 0 Å². The van der Waals surface area contributed by atoms with E-state index in [9.17, 15) is 0 Å². The van der Waals surface area contributed by atoms with Gasteiger partial charge < -0.3 is 5.32 Å². The lowest BCUT2D eigenvalue weighted by atomic mass is 10.0. The first-order valence-corrected chi connectivity index (χ1v) is 7.68. The van der Waals surface area contributed by atoms with Crippen molar-refractivity contribution in [3.8, 4) is 0 Å². The summed E-state index contributed by atoms with van der Waals surface area (Å²) in [6, 6.07) is 14.4. The Morgan fingerprint density at radius 3 is 2.35 bits per heavy atom. The van der Waals surface area contributed by atoms with E-state index < -0.39 is 0 Å². The highest BCUT2D eigenvalue weighted by Gasteiger charge is 2.32. The molecule has 104 valence electrons. The molecule has 0 aliphatic heterocycles. The van der Waals surface area contributed by atoms with E-state index >= 15 is 0 Å². The average Bonchev–Trinajstić information content (AvgIpc) is 3.24. The van der Waals surface area contributed by atoms with Crippen LogP contribution in [0.3, 0.4) is 0 Å². The van der Waals surface area contributed by atoms with Gasteiger partial charge in [0.15, 0.2) is 0 Å². The van der Waals surface area contributed by atoms with Crippen LogP contribution >= 0.6 is 23.2 Å². The summed E-state index contributed by atoms with van der Waals surface area (Å²) in [6.45, 7) is 2.08. The fourth-order valence-corrected chi connectivity index (χ4v) is 2.95. The van der Waals surface area contributed by atoms with Crippen LogP contribution in [-0.4, -0.2) is 0 Å². The van der Waals surface area contributed by atoms with Crippen molar-refractivity contribution >= 4 is 28.9 Å². The van der Waals surface area contributed by atoms with Gasteiger partial charge in [0.1, 0.15) is 0 Å². The van der Waals surface area contributed by atoms with Crippen LogP contribution in [-0.2, 0) is 0 Å². The smallest absolute Gasteiger partial charge is 0.0640 e. The molecule has 0 radical (unpaired) electrons. The van der Waals surface area contributed by atoms with Gasteiger partial charge in [0.2, 0.25) is 0 Å². The maximum absolute atomic E-state index is 6.33. The van der Waals surface area contributed by atoms with E-state index in [1.54, 1.807) is 0 Å². The van der Waals surface area contributed by atoms with Gasteiger partial charge in [-0.15, -0.1) is 0 Å². The van der Waals surface area contributed by atoms with Crippen LogP contribution in [0.1, 0.15) is 30.0 Å². The fraction of sp³-hybridized carbons (Fsp3) is 0.294. The number of benzene rings is 2. The highest BCUT2D eigenvalue weighted by atomic mass is 35.5. The Bertz CT molecular complexity index is 583. The first kappa shape index (κ1) is 13.8. The van der Waals surface area contributed by atoms with Crippen LogP contribution in [0.15, 0.2) is 42.5 Å². The second kappa shape index (κ2) is 5.67. The maximum Gasteiger partial charge on any atom is 0.0640 e. The van der Waals surface area contributed by atoms with E-state index in [4.69, 9.17) is 23.2 Å². The minimum absolute atomic E-state index is 0.311. The summed E-state index contributed by atoms with van der Waals surface area (Å²) in [5.74, 6) is 0.687. The summed E-state index contributed by atoms with van der Waals surface area (Å²) in [5, 5.41) is 5.20. The van der Waals surface area contributed by atoms with Gasteiger partial charge in [0.25, 0.3) is 0 Å². The summed E-state index contributed by atoms with van der Waals surface area (Å²) in [7, 11) is 0. The Balaban J connectivity index is 1.90. The summed E-state index contributed by atoms with van der Waals surface area (Å²) in [4.78, 5) is 0. The van der Waals surface area contributed by atoms with E-state index in [1.807, 2.05) is 24.3 Å². The Morgan fingerprint density at radius 2 is 1.75 bits per heavy atom. The molecule has 3 rings (SSSR count). The number of hydrogen-bond donors (Lipinski definition) is 1. The summed E-state index contributed by atoms with van der Waals surface area (Å²) in [6.07, 6.45) is 2.54. The molecule has 0 heterocycles. The van der Waals surface area contributed by atoms with Gasteiger partial charge in [-0.2, -0.15) is 0 Å². The maximum atomic E-state index is 6.33. The third kappa shape index (κ3) is 2.94. The van der Waals surface area contributed by atoms with Crippen molar-refractivity contribution in [3.05, 3.63) is 63.6 Å². The Labute approximate surface area is 129 Å². The third-order valence-corrected chi connectivity index (χ3v) is 4.41. The molecular formula is C17H17Cl2N. The predicted octanol–water partition coefficient (Wildman–Crippen LogP) is 5.87. The molecule has 1 unspecified atom stereocenters. The normalized spacial score (nSPS) is 15.9. The van der Waals surface area contributed by atoms with Gasteiger partial charge in [0, 0.05) is 5.02 Å². The van der Waals surface area contributed by atoms with E-state index in [1.165, 1.54) is 24.0 Å². The van der Waals surface area contributed by atoms with Crippen molar-refractivity contribution in [1.29, 1.82) is 0 Å². The number of nitrogens with one attached hydrogen (secondary N) is 1. The number of rotatable bonds is 4. The van der Waals surface area contributed by atoms with Crippen LogP contribution in [0.5, 0.6) is 0 Å². The Kier molecular flexibility index (Phi) is 3.91. The van der Waals surface area contributed by atoms with Gasteiger partial charge in [-0.25, -0.2) is 0 Å². The van der Waals surface area contributed by atoms with Crippen molar-refractivity contribution in [1.82, 2.24) is 0 Å². The fourth-order valence-electron chi connectivity index (χ4n) is 2.54. The third-order valence-electron chi connectivity index (χ3n) is 3.84. The first-order chi connectivity index (χ1) is 9.65. The van der Waals surface area contributed by atoms with E-state index in [0.29, 0.717) is 12.0 Å². The van der Waals surface area contributed by atoms with Crippen LogP contribution in [0, 0.1) is 12.8 Å². The van der Waals surface area contributed by atoms with Crippen molar-refractivity contribution in [2.45, 2.75) is 25.8 Å². The van der Waals surface area contributed by atoms with E-state index in [-0.39, 0.29) is 0 Å². The number of para-hydroxylation sites is 1. The van der Waals surface area contributed by atoms with Crippen LogP contribution in [0.4, 0.5) is 5.69 Å². The molecule has 2 aromatic carbocycles. The van der Waals surface area contributed by atoms with Crippen LogP contribution in [0.2, 0.25) is 10.0 Å². The highest BCUT2D eigenvalue weighted by molar-refractivity contribution is 6.33. The van der Waals surface area contributed by atoms with Crippen LogP contribution < -0.4 is 5.32 Å². The zero-order chi connectivity index (χ0) is 14.1. The molecule has 2 aromatic rings. The number of halogens is 2. The van der Waals surface area contributed by atoms with E-state index in [2.05, 4.69) is 30.4 Å². The van der Waals surface area contributed by atoms with Crippen molar-refractivity contribution < 1.29 is 0 Å². The Hall–Kier alpha value is -1.18. The van der Waals surface area contributed by atoms with Gasteiger partial charge in [0.05, 0.1) is 16.8 Å². The van der Waals surface area contributed by atoms with Gasteiger partial charge >= 0.3 is 0 Å². The monoisotopic (exact) mass is 305 g/mol. The molecule has 3 heteroatoms. The molecule has 0 spiro atoms. The number of aryl methyl sites for hydroxylation is 1. The highest BCUT2D eigenvalue weighted by Crippen LogP contribution is 2.44. The van der Waals surface area contributed by atoms with Crippen molar-refractivity contribution in [2.24, 2.45) is 5.92 Å². The second-order valence-electron chi connectivity index (χ2n) is 5.44. The molecule has 0 bridgehead atoms. The Morgan fingerprint density at radius 1 is 1.05 bits per heavy atom. The molecule has 0 aromatic heterocycles. The van der Waals surface area contributed by atoms with Crippen LogP contribution in [0.25, 0.3) is 0 Å². The molecule has 1 N–H and O–H groups in total. The van der Waals surface area contributed by atoms with Gasteiger partial charge in [-0.1, -0.05) is 47.5 Å². The first-order valence-electron chi connectivity index (χ1n) is 6.92. The molecule has 1 fully saturated rings. The lowest BCUT2D eigenvalue weighted by Gasteiger charge is -2.22. The average molecular weight is 306 g/mol. The lowest BCUT2D eigenvalue weighted by molar-refractivity contribution is 0.678. The van der Waals surface area contributed by atoms with Crippen molar-refractivity contribution in [2.75, 3.05) is 5.32 Å².